The molecule has 4 aromatic rings. The van der Waals surface area contributed by atoms with E-state index in [0.717, 1.165) is 17.5 Å². The summed E-state index contributed by atoms with van der Waals surface area (Å²) in [5.41, 5.74) is 2.87. The molecule has 4 rings (SSSR count). The molecule has 0 spiro atoms. The lowest BCUT2D eigenvalue weighted by Crippen LogP contribution is -2.19. The van der Waals surface area contributed by atoms with E-state index in [0.29, 0.717) is 17.3 Å². The van der Waals surface area contributed by atoms with Gasteiger partial charge in [-0.25, -0.2) is 0 Å². The number of nitrogens with one attached hydrogen (secondary N) is 1. The minimum absolute atomic E-state index is 0.241. The topological polar surface area (TPSA) is 85.8 Å². The summed E-state index contributed by atoms with van der Waals surface area (Å²) in [5, 5.41) is 14.9. The second kappa shape index (κ2) is 8.35. The number of furan rings is 1. The number of rotatable bonds is 6. The first-order valence-corrected chi connectivity index (χ1v) is 9.24. The summed E-state index contributed by atoms with van der Waals surface area (Å²) in [7, 11) is 0. The zero-order valence-electron chi connectivity index (χ0n) is 15.8. The summed E-state index contributed by atoms with van der Waals surface area (Å²) in [5.74, 6) is 0.631. The van der Waals surface area contributed by atoms with E-state index in [1.54, 1.807) is 24.5 Å². The molecule has 0 fully saturated rings. The van der Waals surface area contributed by atoms with E-state index in [2.05, 4.69) is 27.8 Å². The largest absolute Gasteiger partial charge is 0.465 e. The fourth-order valence-electron chi connectivity index (χ4n) is 2.91. The van der Waals surface area contributed by atoms with Crippen molar-refractivity contribution in [2.75, 3.05) is 5.32 Å². The molecule has 0 saturated carbocycles. The van der Waals surface area contributed by atoms with Crippen LogP contribution in [0.4, 0.5) is 5.69 Å². The first-order chi connectivity index (χ1) is 14.2. The molecule has 0 saturated heterocycles. The Bertz CT molecular complexity index is 1130. The number of hydrogen-bond acceptors (Lipinski definition) is 5. The number of carbonyl (C=O) groups is 1. The molecule has 0 aliphatic carbocycles. The third-order valence-electron chi connectivity index (χ3n) is 4.38. The number of hydrogen-bond donors (Lipinski definition) is 1. The van der Waals surface area contributed by atoms with Gasteiger partial charge in [-0.3, -0.25) is 4.79 Å². The summed E-state index contributed by atoms with van der Waals surface area (Å²) in [6.07, 6.45) is 4.04. The van der Waals surface area contributed by atoms with E-state index in [1.807, 2.05) is 54.6 Å². The average molecular weight is 385 g/mol. The second-order valence-corrected chi connectivity index (χ2v) is 6.33. The normalized spacial score (nSPS) is 11.4. The maximum absolute atomic E-state index is 13.2. The molecule has 1 N–H and O–H groups in total. The molecule has 2 aromatic carbocycles. The van der Waals surface area contributed by atoms with Crippen molar-refractivity contribution in [1.29, 1.82) is 0 Å². The Kier molecular flexibility index (Phi) is 5.29. The summed E-state index contributed by atoms with van der Waals surface area (Å²) < 4.78 is 6.82. The molecule has 7 nitrogen and oxygen atoms in total. The smallest absolute Gasteiger partial charge is 0.274 e. The predicted octanol–water partition coefficient (Wildman–Crippen LogP) is 4.13. The fourth-order valence-corrected chi connectivity index (χ4v) is 2.91. The van der Waals surface area contributed by atoms with Gasteiger partial charge in [-0.1, -0.05) is 49.4 Å². The fraction of sp³-hybridized carbons (Fsp3) is 0.0909. The van der Waals surface area contributed by atoms with Crippen LogP contribution in [-0.2, 0) is 11.2 Å². The van der Waals surface area contributed by atoms with Gasteiger partial charge >= 0.3 is 0 Å². The lowest BCUT2D eigenvalue weighted by molar-refractivity contribution is -0.111. The van der Waals surface area contributed by atoms with Crippen LogP contribution in [0.1, 0.15) is 18.2 Å². The standard InChI is InChI=1S/C22H19N5O2/c1-2-16-8-6-11-18(14-16)23-22(28)20(15-19-12-7-13-29-19)27-21(24-25-26-27)17-9-4-3-5-10-17/h3-15H,2H2,1H3,(H,23,28)/b20-15-. The summed E-state index contributed by atoms with van der Waals surface area (Å²) in [6, 6.07) is 20.7. The number of aryl methyl sites for hydroxylation is 1. The highest BCUT2D eigenvalue weighted by Gasteiger charge is 2.20. The van der Waals surface area contributed by atoms with Crippen molar-refractivity contribution < 1.29 is 9.21 Å². The van der Waals surface area contributed by atoms with Crippen molar-refractivity contribution in [1.82, 2.24) is 20.2 Å². The van der Waals surface area contributed by atoms with Gasteiger partial charge in [-0.2, -0.15) is 4.68 Å². The van der Waals surface area contributed by atoms with Gasteiger partial charge in [-0.05, 0) is 46.7 Å². The maximum Gasteiger partial charge on any atom is 0.274 e. The number of amides is 1. The number of anilines is 1. The quantitative estimate of drug-likeness (QED) is 0.504. The van der Waals surface area contributed by atoms with E-state index in [-0.39, 0.29) is 11.6 Å². The van der Waals surface area contributed by atoms with Crippen molar-refractivity contribution in [2.24, 2.45) is 0 Å². The molecule has 2 aromatic heterocycles. The molecule has 0 bridgehead atoms. The Morgan fingerprint density at radius 2 is 1.97 bits per heavy atom. The Morgan fingerprint density at radius 1 is 1.10 bits per heavy atom. The number of aromatic nitrogens is 4. The lowest BCUT2D eigenvalue weighted by Gasteiger charge is -2.11. The number of tetrazole rings is 1. The molecule has 0 aliphatic rings. The third-order valence-corrected chi connectivity index (χ3v) is 4.38. The summed E-state index contributed by atoms with van der Waals surface area (Å²) in [6.45, 7) is 2.07. The zero-order valence-corrected chi connectivity index (χ0v) is 15.8. The van der Waals surface area contributed by atoms with Gasteiger partial charge in [-0.15, -0.1) is 5.10 Å². The molecule has 0 aliphatic heterocycles. The minimum atomic E-state index is -0.348. The molecular weight excluding hydrogens is 366 g/mol. The average Bonchev–Trinajstić information content (AvgIpc) is 3.44. The van der Waals surface area contributed by atoms with Crippen LogP contribution in [-0.4, -0.2) is 26.1 Å². The molecule has 144 valence electrons. The van der Waals surface area contributed by atoms with Crippen LogP contribution in [0.25, 0.3) is 23.2 Å². The Labute approximate surface area is 167 Å². The molecule has 0 atom stereocenters. The van der Waals surface area contributed by atoms with Gasteiger partial charge in [0.15, 0.2) is 5.82 Å². The van der Waals surface area contributed by atoms with Crippen LogP contribution < -0.4 is 5.32 Å². The zero-order chi connectivity index (χ0) is 20.1. The molecule has 0 unspecified atom stereocenters. The SMILES string of the molecule is CCc1cccc(NC(=O)/C(=C/c2ccco2)n2nnnc2-c2ccccc2)c1. The lowest BCUT2D eigenvalue weighted by atomic mass is 10.1. The first-order valence-electron chi connectivity index (χ1n) is 9.24. The maximum atomic E-state index is 13.2. The molecule has 2 heterocycles. The van der Waals surface area contributed by atoms with Crippen molar-refractivity contribution in [3.63, 3.8) is 0 Å². The highest BCUT2D eigenvalue weighted by atomic mass is 16.3. The monoisotopic (exact) mass is 385 g/mol. The van der Waals surface area contributed by atoms with Crippen LogP contribution in [0.5, 0.6) is 0 Å². The van der Waals surface area contributed by atoms with Crippen LogP contribution in [0.2, 0.25) is 0 Å². The summed E-state index contributed by atoms with van der Waals surface area (Å²) >= 11 is 0. The van der Waals surface area contributed by atoms with Crippen molar-refractivity contribution in [2.45, 2.75) is 13.3 Å². The van der Waals surface area contributed by atoms with Crippen LogP contribution in [0.15, 0.2) is 77.4 Å². The van der Waals surface area contributed by atoms with E-state index in [1.165, 1.54) is 4.68 Å². The van der Waals surface area contributed by atoms with Crippen LogP contribution >= 0.6 is 0 Å². The van der Waals surface area contributed by atoms with Crippen molar-refractivity contribution >= 4 is 23.4 Å². The number of benzene rings is 2. The third kappa shape index (κ3) is 4.14. The molecule has 29 heavy (non-hydrogen) atoms. The van der Waals surface area contributed by atoms with Crippen LogP contribution in [0, 0.1) is 0 Å². The van der Waals surface area contributed by atoms with Gasteiger partial charge in [0.05, 0.1) is 6.26 Å². The number of nitrogens with zero attached hydrogens (tertiary/aromatic N) is 4. The number of carbonyl (C=O) groups excluding carboxylic acids is 1. The first kappa shape index (κ1) is 18.4. The second-order valence-electron chi connectivity index (χ2n) is 6.33. The van der Waals surface area contributed by atoms with E-state index in [9.17, 15) is 4.79 Å². The highest BCUT2D eigenvalue weighted by Crippen LogP contribution is 2.22. The predicted molar refractivity (Wildman–Crippen MR) is 111 cm³/mol. The van der Waals surface area contributed by atoms with Crippen molar-refractivity contribution in [3.05, 3.63) is 84.3 Å². The van der Waals surface area contributed by atoms with Gasteiger partial charge in [0.25, 0.3) is 5.91 Å². The van der Waals surface area contributed by atoms with Gasteiger partial charge in [0.2, 0.25) is 0 Å². The van der Waals surface area contributed by atoms with Crippen molar-refractivity contribution in [3.8, 4) is 11.4 Å². The van der Waals surface area contributed by atoms with E-state index in [4.69, 9.17) is 4.42 Å². The molecule has 0 radical (unpaired) electrons. The molecule has 1 amide bonds. The van der Waals surface area contributed by atoms with Gasteiger partial charge < -0.3 is 9.73 Å². The van der Waals surface area contributed by atoms with E-state index >= 15 is 0 Å². The molecule has 7 heteroatoms. The van der Waals surface area contributed by atoms with E-state index < -0.39 is 0 Å². The Hall–Kier alpha value is -4.00. The van der Waals surface area contributed by atoms with Crippen LogP contribution in [0.3, 0.4) is 0 Å². The highest BCUT2D eigenvalue weighted by molar-refractivity contribution is 6.24. The Morgan fingerprint density at radius 3 is 2.72 bits per heavy atom. The molecular formula is C22H19N5O2. The van der Waals surface area contributed by atoms with Gasteiger partial charge in [0.1, 0.15) is 11.5 Å². The Balaban J connectivity index is 1.74. The summed E-state index contributed by atoms with van der Waals surface area (Å²) in [4.78, 5) is 13.2. The van der Waals surface area contributed by atoms with Gasteiger partial charge in [0, 0.05) is 17.3 Å². The minimum Gasteiger partial charge on any atom is -0.465 e.